The summed E-state index contributed by atoms with van der Waals surface area (Å²) in [6, 6.07) is 4.93. The highest BCUT2D eigenvalue weighted by molar-refractivity contribution is 6.32. The van der Waals surface area contributed by atoms with Crippen molar-refractivity contribution in [3.8, 4) is 11.8 Å². The van der Waals surface area contributed by atoms with Gasteiger partial charge in [0, 0.05) is 18.2 Å². The number of nitrogens with two attached hydrogens (primary N) is 1. The van der Waals surface area contributed by atoms with Crippen molar-refractivity contribution in [1.82, 2.24) is 20.1 Å². The molecular weight excluding hydrogens is 290 g/mol. The second-order valence-electron chi connectivity index (χ2n) is 4.22. The van der Waals surface area contributed by atoms with Gasteiger partial charge in [0.2, 0.25) is 0 Å². The van der Waals surface area contributed by atoms with Gasteiger partial charge in [0.1, 0.15) is 6.33 Å². The predicted molar refractivity (Wildman–Crippen MR) is 79.6 cm³/mol. The molecule has 0 aliphatic carbocycles. The van der Waals surface area contributed by atoms with Crippen LogP contribution in [0.15, 0.2) is 24.5 Å². The molecule has 0 fully saturated rings. The molecule has 0 bridgehead atoms. The number of benzene rings is 1. The number of carbonyl (C=O) groups is 1. The molecule has 0 saturated carbocycles. The van der Waals surface area contributed by atoms with Gasteiger partial charge in [-0.15, -0.1) is 0 Å². The Hall–Kier alpha value is -2.36. The average molecular weight is 304 g/mol. The Kier molecular flexibility index (Phi) is 4.93. The van der Waals surface area contributed by atoms with E-state index in [0.717, 1.165) is 0 Å². The Morgan fingerprint density at radius 2 is 2.33 bits per heavy atom. The number of carbonyl (C=O) groups excluding carboxylic acids is 1. The number of nitrogens with zero attached hydrogens (tertiary/aromatic N) is 3. The molecule has 0 atom stereocenters. The van der Waals surface area contributed by atoms with Gasteiger partial charge >= 0.3 is 0 Å². The summed E-state index contributed by atoms with van der Waals surface area (Å²) < 4.78 is 1.57. The number of amides is 1. The molecule has 1 heterocycles. The second-order valence-corrected chi connectivity index (χ2v) is 4.62. The summed E-state index contributed by atoms with van der Waals surface area (Å²) in [6.45, 7) is 0.516. The molecule has 2 rings (SSSR count). The molecule has 0 aliphatic heterocycles. The van der Waals surface area contributed by atoms with E-state index in [2.05, 4.69) is 27.2 Å². The van der Waals surface area contributed by atoms with E-state index < -0.39 is 0 Å². The van der Waals surface area contributed by atoms with E-state index in [-0.39, 0.29) is 19.0 Å². The molecule has 0 aliphatic rings. The lowest BCUT2D eigenvalue weighted by Gasteiger charge is -2.04. The topological polar surface area (TPSA) is 85.8 Å². The maximum absolute atomic E-state index is 12.0. The average Bonchev–Trinajstić information content (AvgIpc) is 2.89. The van der Waals surface area contributed by atoms with Crippen LogP contribution in [0.4, 0.5) is 0 Å². The number of aromatic nitrogens is 3. The van der Waals surface area contributed by atoms with Gasteiger partial charge in [0.05, 0.1) is 18.1 Å². The van der Waals surface area contributed by atoms with Crippen LogP contribution in [0.1, 0.15) is 21.7 Å². The molecule has 1 amide bonds. The van der Waals surface area contributed by atoms with Crippen LogP contribution < -0.4 is 11.1 Å². The third kappa shape index (κ3) is 4.05. The molecule has 1 aromatic carbocycles. The smallest absolute Gasteiger partial charge is 0.251 e. The summed E-state index contributed by atoms with van der Waals surface area (Å²) in [5, 5.41) is 7.22. The molecule has 0 saturated heterocycles. The first-order valence-corrected chi connectivity index (χ1v) is 6.59. The molecule has 21 heavy (non-hydrogen) atoms. The fourth-order valence-corrected chi connectivity index (χ4v) is 1.86. The van der Waals surface area contributed by atoms with E-state index in [1.807, 2.05) is 0 Å². The van der Waals surface area contributed by atoms with E-state index in [4.69, 9.17) is 17.3 Å². The monoisotopic (exact) mass is 303 g/mol. The zero-order valence-corrected chi connectivity index (χ0v) is 12.2. The zero-order chi connectivity index (χ0) is 15.2. The van der Waals surface area contributed by atoms with Crippen molar-refractivity contribution >= 4 is 17.5 Å². The molecule has 2 aromatic rings. The summed E-state index contributed by atoms with van der Waals surface area (Å²) in [5.74, 6) is 5.85. The van der Waals surface area contributed by atoms with Crippen LogP contribution >= 0.6 is 11.6 Å². The van der Waals surface area contributed by atoms with Crippen molar-refractivity contribution in [3.05, 3.63) is 46.5 Å². The van der Waals surface area contributed by atoms with Crippen molar-refractivity contribution < 1.29 is 4.79 Å². The summed E-state index contributed by atoms with van der Waals surface area (Å²) in [5.41, 5.74) is 6.40. The van der Waals surface area contributed by atoms with Crippen LogP contribution in [0.2, 0.25) is 5.02 Å². The lowest BCUT2D eigenvalue weighted by Crippen LogP contribution is -2.23. The van der Waals surface area contributed by atoms with Gasteiger partial charge in [-0.05, 0) is 18.2 Å². The molecule has 0 radical (unpaired) electrons. The van der Waals surface area contributed by atoms with E-state index in [0.29, 0.717) is 22.0 Å². The summed E-state index contributed by atoms with van der Waals surface area (Å²) in [4.78, 5) is 16.0. The molecule has 1 aromatic heterocycles. The number of hydrogen-bond donors (Lipinski definition) is 2. The van der Waals surface area contributed by atoms with Gasteiger partial charge in [0.25, 0.3) is 5.91 Å². The third-order valence-corrected chi connectivity index (χ3v) is 2.92. The van der Waals surface area contributed by atoms with Crippen molar-refractivity contribution in [2.45, 2.75) is 6.54 Å². The van der Waals surface area contributed by atoms with Crippen LogP contribution in [-0.2, 0) is 13.6 Å². The molecule has 0 spiro atoms. The van der Waals surface area contributed by atoms with Crippen LogP contribution in [0.3, 0.4) is 0 Å². The van der Waals surface area contributed by atoms with Gasteiger partial charge < -0.3 is 11.1 Å². The highest BCUT2D eigenvalue weighted by Crippen LogP contribution is 2.17. The molecular formula is C14H14ClN5O. The summed E-state index contributed by atoms with van der Waals surface area (Å²) >= 11 is 6.08. The quantitative estimate of drug-likeness (QED) is 0.818. The Morgan fingerprint density at radius 1 is 1.52 bits per heavy atom. The Labute approximate surface area is 127 Å². The first kappa shape index (κ1) is 15.0. The number of aryl methyl sites for hydroxylation is 1. The lowest BCUT2D eigenvalue weighted by atomic mass is 10.1. The lowest BCUT2D eigenvalue weighted by molar-refractivity contribution is 0.0950. The normalized spacial score (nSPS) is 9.86. The zero-order valence-electron chi connectivity index (χ0n) is 11.4. The van der Waals surface area contributed by atoms with Crippen LogP contribution in [-0.4, -0.2) is 27.2 Å². The standard InChI is InChI=1S/C14H14ClN5O/c1-20-9-18-13(19-20)8-17-14(21)11-5-4-10(3-2-6-16)12(15)7-11/h4-5,7,9H,6,8,16H2,1H3,(H,17,21). The second kappa shape index (κ2) is 6.88. The first-order chi connectivity index (χ1) is 10.1. The molecule has 6 nitrogen and oxygen atoms in total. The van der Waals surface area contributed by atoms with E-state index in [1.54, 1.807) is 36.3 Å². The van der Waals surface area contributed by atoms with Gasteiger partial charge in [-0.25, -0.2) is 4.98 Å². The van der Waals surface area contributed by atoms with E-state index >= 15 is 0 Å². The fraction of sp³-hybridized carbons (Fsp3) is 0.214. The largest absolute Gasteiger partial charge is 0.345 e. The minimum atomic E-state index is -0.248. The number of rotatable bonds is 3. The molecule has 108 valence electrons. The number of halogens is 1. The van der Waals surface area contributed by atoms with Crippen LogP contribution in [0.25, 0.3) is 0 Å². The van der Waals surface area contributed by atoms with Crippen LogP contribution in [0.5, 0.6) is 0 Å². The van der Waals surface area contributed by atoms with Gasteiger partial charge in [0.15, 0.2) is 5.82 Å². The van der Waals surface area contributed by atoms with Crippen molar-refractivity contribution in [2.75, 3.05) is 6.54 Å². The molecule has 3 N–H and O–H groups in total. The maximum atomic E-state index is 12.0. The van der Waals surface area contributed by atoms with E-state index in [1.165, 1.54) is 0 Å². The molecule has 7 heteroatoms. The number of hydrogen-bond acceptors (Lipinski definition) is 4. The van der Waals surface area contributed by atoms with Gasteiger partial charge in [-0.2, -0.15) is 5.10 Å². The van der Waals surface area contributed by atoms with E-state index in [9.17, 15) is 4.79 Å². The van der Waals surface area contributed by atoms with Crippen LogP contribution in [0, 0.1) is 11.8 Å². The maximum Gasteiger partial charge on any atom is 0.251 e. The first-order valence-electron chi connectivity index (χ1n) is 6.21. The molecule has 0 unspecified atom stereocenters. The Balaban J connectivity index is 2.04. The third-order valence-electron chi connectivity index (χ3n) is 2.61. The predicted octanol–water partition coefficient (Wildman–Crippen LogP) is 0.709. The van der Waals surface area contributed by atoms with Crippen molar-refractivity contribution in [1.29, 1.82) is 0 Å². The van der Waals surface area contributed by atoms with Gasteiger partial charge in [-0.3, -0.25) is 9.48 Å². The highest BCUT2D eigenvalue weighted by Gasteiger charge is 2.09. The summed E-state index contributed by atoms with van der Waals surface area (Å²) in [6.07, 6.45) is 1.57. The fourth-order valence-electron chi connectivity index (χ4n) is 1.63. The van der Waals surface area contributed by atoms with Gasteiger partial charge in [-0.1, -0.05) is 23.4 Å². The number of nitrogens with one attached hydrogen (secondary N) is 1. The highest BCUT2D eigenvalue weighted by atomic mass is 35.5. The Morgan fingerprint density at radius 3 is 2.95 bits per heavy atom. The van der Waals surface area contributed by atoms with Crippen molar-refractivity contribution in [3.63, 3.8) is 0 Å². The minimum Gasteiger partial charge on any atom is -0.345 e. The Bertz CT molecular complexity index is 714. The van der Waals surface area contributed by atoms with Crippen molar-refractivity contribution in [2.24, 2.45) is 12.8 Å². The minimum absolute atomic E-state index is 0.248. The SMILES string of the molecule is Cn1cnc(CNC(=O)c2ccc(C#CCN)c(Cl)c2)n1. The summed E-state index contributed by atoms with van der Waals surface area (Å²) in [7, 11) is 1.76.